The third kappa shape index (κ3) is 3.96. The third-order valence-corrected chi connectivity index (χ3v) is 5.28. The van der Waals surface area contributed by atoms with E-state index < -0.39 is 0 Å². The number of anilines is 1. The van der Waals surface area contributed by atoms with Crippen molar-refractivity contribution in [2.45, 2.75) is 42.7 Å². The van der Waals surface area contributed by atoms with Gasteiger partial charge in [0.2, 0.25) is 5.13 Å². The molecule has 0 fully saturated rings. The number of aromatic nitrogens is 4. The zero-order valence-electron chi connectivity index (χ0n) is 13.3. The van der Waals surface area contributed by atoms with Crippen LogP contribution in [0.3, 0.4) is 0 Å². The molecule has 2 aromatic rings. The lowest BCUT2D eigenvalue weighted by atomic mass is 10.2. The Kier molecular flexibility index (Phi) is 5.23. The number of rotatable bonds is 6. The lowest BCUT2D eigenvalue weighted by Crippen LogP contribution is -2.22. The Hall–Kier alpha value is -1.12. The van der Waals surface area contributed by atoms with Gasteiger partial charge in [0, 0.05) is 39.3 Å². The van der Waals surface area contributed by atoms with Gasteiger partial charge in [-0.3, -0.25) is 4.68 Å². The standard InChI is InChI=1S/C13H22N6S2/c1-8(2)14-7-10-9(3)17-19(6)11(10)20-13-16-15-12(21-13)18(4)5/h8,14H,7H2,1-6H3. The van der Waals surface area contributed by atoms with Gasteiger partial charge in [0.05, 0.1) is 5.69 Å². The highest BCUT2D eigenvalue weighted by Crippen LogP contribution is 2.35. The lowest BCUT2D eigenvalue weighted by molar-refractivity contribution is 0.580. The predicted octanol–water partition coefficient (Wildman–Crippen LogP) is 2.30. The molecular weight excluding hydrogens is 304 g/mol. The summed E-state index contributed by atoms with van der Waals surface area (Å²) in [5.41, 5.74) is 2.29. The monoisotopic (exact) mass is 326 g/mol. The molecule has 2 aromatic heterocycles. The van der Waals surface area contributed by atoms with E-state index in [9.17, 15) is 0 Å². The first-order chi connectivity index (χ1) is 9.88. The second kappa shape index (κ2) is 6.76. The van der Waals surface area contributed by atoms with Crippen molar-refractivity contribution in [1.29, 1.82) is 0 Å². The van der Waals surface area contributed by atoms with Crippen LogP contribution in [0.4, 0.5) is 5.13 Å². The highest BCUT2D eigenvalue weighted by molar-refractivity contribution is 8.01. The number of hydrogen-bond acceptors (Lipinski definition) is 7. The van der Waals surface area contributed by atoms with Crippen molar-refractivity contribution in [3.8, 4) is 0 Å². The summed E-state index contributed by atoms with van der Waals surface area (Å²) >= 11 is 3.22. The molecule has 8 heteroatoms. The Morgan fingerprint density at radius 3 is 2.62 bits per heavy atom. The maximum atomic E-state index is 4.53. The quantitative estimate of drug-likeness (QED) is 0.879. The number of aryl methyl sites for hydroxylation is 2. The minimum Gasteiger partial charge on any atom is -0.353 e. The van der Waals surface area contributed by atoms with Gasteiger partial charge in [-0.2, -0.15) is 5.10 Å². The molecule has 0 unspecified atom stereocenters. The van der Waals surface area contributed by atoms with Crippen molar-refractivity contribution in [3.63, 3.8) is 0 Å². The second-order valence-electron chi connectivity index (χ2n) is 5.38. The summed E-state index contributed by atoms with van der Waals surface area (Å²) in [5.74, 6) is 0. The summed E-state index contributed by atoms with van der Waals surface area (Å²) in [6.45, 7) is 7.16. The fourth-order valence-electron chi connectivity index (χ4n) is 1.83. The first kappa shape index (κ1) is 16.3. The van der Waals surface area contributed by atoms with Crippen LogP contribution in [0.25, 0.3) is 0 Å². The van der Waals surface area contributed by atoms with Crippen molar-refractivity contribution in [1.82, 2.24) is 25.3 Å². The molecule has 0 saturated heterocycles. The zero-order valence-corrected chi connectivity index (χ0v) is 15.0. The molecule has 116 valence electrons. The van der Waals surface area contributed by atoms with E-state index in [0.717, 1.165) is 26.7 Å². The summed E-state index contributed by atoms with van der Waals surface area (Å²) < 4.78 is 2.86. The molecule has 0 bridgehead atoms. The maximum absolute atomic E-state index is 4.53. The first-order valence-electron chi connectivity index (χ1n) is 6.83. The highest BCUT2D eigenvalue weighted by Gasteiger charge is 2.17. The summed E-state index contributed by atoms with van der Waals surface area (Å²) in [6, 6.07) is 0.448. The average Bonchev–Trinajstić information content (AvgIpc) is 2.94. The van der Waals surface area contributed by atoms with Crippen LogP contribution in [0.2, 0.25) is 0 Å². The van der Waals surface area contributed by atoms with E-state index >= 15 is 0 Å². The van der Waals surface area contributed by atoms with E-state index in [4.69, 9.17) is 0 Å². The molecule has 0 spiro atoms. The topological polar surface area (TPSA) is 58.9 Å². The van der Waals surface area contributed by atoms with Crippen molar-refractivity contribution in [2.24, 2.45) is 7.05 Å². The molecule has 1 N–H and O–H groups in total. The predicted molar refractivity (Wildman–Crippen MR) is 88.3 cm³/mol. The SMILES string of the molecule is Cc1nn(C)c(Sc2nnc(N(C)C)s2)c1CNC(C)C. The van der Waals surface area contributed by atoms with Gasteiger partial charge in [0.1, 0.15) is 5.03 Å². The van der Waals surface area contributed by atoms with Gasteiger partial charge in [-0.15, -0.1) is 10.2 Å². The number of nitrogens with one attached hydrogen (secondary N) is 1. The van der Waals surface area contributed by atoms with Crippen LogP contribution in [-0.4, -0.2) is 40.1 Å². The fourth-order valence-corrected chi connectivity index (χ4v) is 3.72. The smallest absolute Gasteiger partial charge is 0.208 e. The lowest BCUT2D eigenvalue weighted by Gasteiger charge is -2.09. The van der Waals surface area contributed by atoms with Crippen LogP contribution in [0.5, 0.6) is 0 Å². The molecule has 0 radical (unpaired) electrons. The summed E-state index contributed by atoms with van der Waals surface area (Å²) in [6.07, 6.45) is 0. The average molecular weight is 326 g/mol. The molecule has 21 heavy (non-hydrogen) atoms. The van der Waals surface area contributed by atoms with Crippen LogP contribution < -0.4 is 10.2 Å². The normalized spacial score (nSPS) is 11.4. The van der Waals surface area contributed by atoms with E-state index in [-0.39, 0.29) is 0 Å². The Morgan fingerprint density at radius 1 is 1.33 bits per heavy atom. The van der Waals surface area contributed by atoms with Crippen molar-refractivity contribution >= 4 is 28.2 Å². The van der Waals surface area contributed by atoms with E-state index in [1.807, 2.05) is 37.6 Å². The van der Waals surface area contributed by atoms with Gasteiger partial charge in [0.25, 0.3) is 0 Å². The van der Waals surface area contributed by atoms with Gasteiger partial charge in [-0.25, -0.2) is 0 Å². The van der Waals surface area contributed by atoms with E-state index in [0.29, 0.717) is 6.04 Å². The molecule has 0 atom stereocenters. The maximum Gasteiger partial charge on any atom is 0.208 e. The van der Waals surface area contributed by atoms with E-state index in [2.05, 4.69) is 34.5 Å². The minimum atomic E-state index is 0.448. The molecule has 0 aliphatic rings. The number of nitrogens with zero attached hydrogens (tertiary/aromatic N) is 5. The van der Waals surface area contributed by atoms with Crippen LogP contribution in [0, 0.1) is 6.92 Å². The molecular formula is C13H22N6S2. The zero-order chi connectivity index (χ0) is 15.6. The Morgan fingerprint density at radius 2 is 2.05 bits per heavy atom. The third-order valence-electron chi connectivity index (χ3n) is 2.94. The van der Waals surface area contributed by atoms with Crippen molar-refractivity contribution in [2.75, 3.05) is 19.0 Å². The summed E-state index contributed by atoms with van der Waals surface area (Å²) in [4.78, 5) is 1.97. The molecule has 2 heterocycles. The van der Waals surface area contributed by atoms with Gasteiger partial charge >= 0.3 is 0 Å². The van der Waals surface area contributed by atoms with Crippen LogP contribution >= 0.6 is 23.1 Å². The summed E-state index contributed by atoms with van der Waals surface area (Å²) in [7, 11) is 5.92. The molecule has 0 aliphatic carbocycles. The highest BCUT2D eigenvalue weighted by atomic mass is 32.2. The van der Waals surface area contributed by atoms with Gasteiger partial charge in [0.15, 0.2) is 4.34 Å². The van der Waals surface area contributed by atoms with Gasteiger partial charge in [-0.1, -0.05) is 25.2 Å². The molecule has 6 nitrogen and oxygen atoms in total. The van der Waals surface area contributed by atoms with E-state index in [1.54, 1.807) is 23.1 Å². The minimum absolute atomic E-state index is 0.448. The molecule has 0 saturated carbocycles. The van der Waals surface area contributed by atoms with Crippen LogP contribution in [0.15, 0.2) is 9.37 Å². The Balaban J connectivity index is 2.21. The Bertz CT molecular complexity index is 602. The Labute approximate surface area is 133 Å². The van der Waals surface area contributed by atoms with Gasteiger partial charge < -0.3 is 10.2 Å². The van der Waals surface area contributed by atoms with Gasteiger partial charge in [-0.05, 0) is 18.7 Å². The summed E-state index contributed by atoms with van der Waals surface area (Å²) in [5, 5.41) is 18.5. The van der Waals surface area contributed by atoms with Crippen LogP contribution in [-0.2, 0) is 13.6 Å². The largest absolute Gasteiger partial charge is 0.353 e. The molecule has 0 aliphatic heterocycles. The fraction of sp³-hybridized carbons (Fsp3) is 0.615. The van der Waals surface area contributed by atoms with Crippen molar-refractivity contribution in [3.05, 3.63) is 11.3 Å². The number of hydrogen-bond donors (Lipinski definition) is 1. The molecule has 0 aromatic carbocycles. The second-order valence-corrected chi connectivity index (χ2v) is 7.57. The molecule has 2 rings (SSSR count). The van der Waals surface area contributed by atoms with Crippen molar-refractivity contribution < 1.29 is 0 Å². The van der Waals surface area contributed by atoms with E-state index in [1.165, 1.54) is 5.56 Å². The van der Waals surface area contributed by atoms with Crippen LogP contribution in [0.1, 0.15) is 25.1 Å². The molecule has 0 amide bonds. The first-order valence-corrected chi connectivity index (χ1v) is 8.46.